The summed E-state index contributed by atoms with van der Waals surface area (Å²) in [4.78, 5) is 46.2. The Hall–Kier alpha value is -2.52. The Morgan fingerprint density at radius 1 is 0.857 bits per heavy atom. The quantitative estimate of drug-likeness (QED) is 0.430. The van der Waals surface area contributed by atoms with E-state index in [1.807, 2.05) is 0 Å². The van der Waals surface area contributed by atoms with Gasteiger partial charge in [-0.1, -0.05) is 0 Å². The number of unbranched alkanes of at least 4 members (excludes halogenated alkanes) is 1. The van der Waals surface area contributed by atoms with Gasteiger partial charge in [-0.2, -0.15) is 0 Å². The first kappa shape index (κ1) is 25.5. The molecule has 4 N–H and O–H groups in total. The standard InChI is InChI=1S/C18H33N3O7/c1-17(2,3)27-15(25)19-10-8-7-9-12(14(24)20-11-13(22)23)21-16(26)28-18(4,5)6/h12H,7-11H2,1-6H3,(H,19,25)(H,20,24)(H,21,26)(H,22,23)/t12-/m0/s1. The van der Waals surface area contributed by atoms with E-state index in [2.05, 4.69) is 16.0 Å². The molecule has 0 rings (SSSR count). The molecule has 28 heavy (non-hydrogen) atoms. The van der Waals surface area contributed by atoms with Crippen LogP contribution in [0, 0.1) is 0 Å². The molecule has 0 aliphatic rings. The fraction of sp³-hybridized carbons (Fsp3) is 0.778. The first-order chi connectivity index (χ1) is 12.7. The zero-order chi connectivity index (χ0) is 22.0. The zero-order valence-corrected chi connectivity index (χ0v) is 17.5. The molecule has 0 unspecified atom stereocenters. The third-order valence-corrected chi connectivity index (χ3v) is 3.01. The monoisotopic (exact) mass is 403 g/mol. The normalized spacial score (nSPS) is 12.5. The van der Waals surface area contributed by atoms with Gasteiger partial charge in [0.25, 0.3) is 0 Å². The summed E-state index contributed by atoms with van der Waals surface area (Å²) in [7, 11) is 0. The van der Waals surface area contributed by atoms with Crippen LogP contribution >= 0.6 is 0 Å². The van der Waals surface area contributed by atoms with Gasteiger partial charge in [0.05, 0.1) is 0 Å². The largest absolute Gasteiger partial charge is 0.480 e. The summed E-state index contributed by atoms with van der Waals surface area (Å²) in [5.74, 6) is -1.81. The van der Waals surface area contributed by atoms with Gasteiger partial charge in [0.15, 0.2) is 0 Å². The van der Waals surface area contributed by atoms with Crippen molar-refractivity contribution in [2.75, 3.05) is 13.1 Å². The third-order valence-electron chi connectivity index (χ3n) is 3.01. The number of carboxylic acid groups (broad SMARTS) is 1. The summed E-state index contributed by atoms with van der Waals surface area (Å²) in [6.07, 6.45) is -0.0138. The highest BCUT2D eigenvalue weighted by Gasteiger charge is 2.24. The van der Waals surface area contributed by atoms with Crippen LogP contribution in [0.3, 0.4) is 0 Å². The SMILES string of the molecule is CC(C)(C)OC(=O)NCCCC[C@H](NC(=O)OC(C)(C)C)C(=O)NCC(=O)O. The van der Waals surface area contributed by atoms with E-state index < -0.39 is 47.9 Å². The van der Waals surface area contributed by atoms with Gasteiger partial charge < -0.3 is 30.5 Å². The van der Waals surface area contributed by atoms with Crippen LogP contribution in [0.2, 0.25) is 0 Å². The lowest BCUT2D eigenvalue weighted by Gasteiger charge is -2.23. The number of hydrogen-bond acceptors (Lipinski definition) is 6. The average molecular weight is 403 g/mol. The van der Waals surface area contributed by atoms with E-state index in [1.54, 1.807) is 41.5 Å². The Bertz CT molecular complexity index is 550. The van der Waals surface area contributed by atoms with Gasteiger partial charge in [0.2, 0.25) is 5.91 Å². The number of carboxylic acids is 1. The number of ether oxygens (including phenoxy) is 2. The van der Waals surface area contributed by atoms with Crippen LogP contribution in [-0.2, 0) is 19.1 Å². The van der Waals surface area contributed by atoms with Crippen LogP contribution < -0.4 is 16.0 Å². The van der Waals surface area contributed by atoms with Gasteiger partial charge >= 0.3 is 18.2 Å². The molecule has 3 amide bonds. The minimum absolute atomic E-state index is 0.251. The number of carbonyl (C=O) groups is 4. The molecular weight excluding hydrogens is 370 g/mol. The van der Waals surface area contributed by atoms with Crippen molar-refractivity contribution in [2.24, 2.45) is 0 Å². The lowest BCUT2D eigenvalue weighted by atomic mass is 10.1. The molecule has 0 aliphatic carbocycles. The van der Waals surface area contributed by atoms with E-state index >= 15 is 0 Å². The van der Waals surface area contributed by atoms with Crippen molar-refractivity contribution in [3.63, 3.8) is 0 Å². The fourth-order valence-electron chi connectivity index (χ4n) is 1.98. The van der Waals surface area contributed by atoms with Gasteiger partial charge in [-0.05, 0) is 60.8 Å². The van der Waals surface area contributed by atoms with Crippen LogP contribution in [0.25, 0.3) is 0 Å². The Morgan fingerprint density at radius 3 is 1.89 bits per heavy atom. The summed E-state index contributed by atoms with van der Waals surface area (Å²) in [5.41, 5.74) is -1.32. The minimum atomic E-state index is -1.19. The molecule has 0 heterocycles. The molecule has 10 heteroatoms. The van der Waals surface area contributed by atoms with Crippen LogP contribution in [0.5, 0.6) is 0 Å². The van der Waals surface area contributed by atoms with Crippen LogP contribution in [0.1, 0.15) is 60.8 Å². The van der Waals surface area contributed by atoms with Gasteiger partial charge in [0, 0.05) is 6.54 Å². The maximum Gasteiger partial charge on any atom is 0.408 e. The average Bonchev–Trinajstić information content (AvgIpc) is 2.47. The number of nitrogens with one attached hydrogen (secondary N) is 3. The van der Waals surface area contributed by atoms with E-state index in [0.717, 1.165) is 0 Å². The predicted molar refractivity (Wildman–Crippen MR) is 102 cm³/mol. The molecule has 0 aromatic heterocycles. The number of alkyl carbamates (subject to hydrolysis) is 2. The summed E-state index contributed by atoms with van der Waals surface area (Å²) in [5, 5.41) is 16.0. The molecule has 0 radical (unpaired) electrons. The molecular formula is C18H33N3O7. The fourth-order valence-corrected chi connectivity index (χ4v) is 1.98. The van der Waals surface area contributed by atoms with Crippen LogP contribution in [0.15, 0.2) is 0 Å². The van der Waals surface area contributed by atoms with Gasteiger partial charge in [-0.15, -0.1) is 0 Å². The molecule has 0 fully saturated rings. The smallest absolute Gasteiger partial charge is 0.408 e. The van der Waals surface area contributed by atoms with Crippen molar-refractivity contribution >= 4 is 24.1 Å². The number of aliphatic carboxylic acids is 1. The highest BCUT2D eigenvalue weighted by Crippen LogP contribution is 2.09. The Morgan fingerprint density at radius 2 is 1.39 bits per heavy atom. The van der Waals surface area contributed by atoms with E-state index in [1.165, 1.54) is 0 Å². The highest BCUT2D eigenvalue weighted by atomic mass is 16.6. The van der Waals surface area contributed by atoms with Crippen LogP contribution in [-0.4, -0.2) is 59.5 Å². The second kappa shape index (κ2) is 11.4. The maximum absolute atomic E-state index is 12.1. The van der Waals surface area contributed by atoms with Crippen molar-refractivity contribution in [2.45, 2.75) is 78.0 Å². The first-order valence-corrected chi connectivity index (χ1v) is 9.15. The van der Waals surface area contributed by atoms with Crippen molar-refractivity contribution in [3.8, 4) is 0 Å². The minimum Gasteiger partial charge on any atom is -0.480 e. The third kappa shape index (κ3) is 14.6. The van der Waals surface area contributed by atoms with Crippen molar-refractivity contribution < 1.29 is 33.8 Å². The van der Waals surface area contributed by atoms with Gasteiger partial charge in [0.1, 0.15) is 23.8 Å². The summed E-state index contributed by atoms with van der Waals surface area (Å²) >= 11 is 0. The molecule has 0 aromatic rings. The Balaban J connectivity index is 4.51. The maximum atomic E-state index is 12.1. The summed E-state index contributed by atoms with van der Waals surface area (Å²) in [6, 6.07) is -0.948. The van der Waals surface area contributed by atoms with E-state index in [9.17, 15) is 19.2 Å². The molecule has 0 bridgehead atoms. The van der Waals surface area contributed by atoms with Crippen molar-refractivity contribution in [1.29, 1.82) is 0 Å². The topological polar surface area (TPSA) is 143 Å². The van der Waals surface area contributed by atoms with E-state index in [-0.39, 0.29) is 6.42 Å². The number of hydrogen-bond donors (Lipinski definition) is 4. The zero-order valence-electron chi connectivity index (χ0n) is 17.5. The van der Waals surface area contributed by atoms with E-state index in [4.69, 9.17) is 14.6 Å². The molecule has 0 saturated carbocycles. The number of rotatable bonds is 9. The summed E-state index contributed by atoms with van der Waals surface area (Å²) < 4.78 is 10.2. The second-order valence-electron chi connectivity index (χ2n) is 8.23. The molecule has 0 spiro atoms. The molecule has 1 atom stereocenters. The number of amides is 3. The van der Waals surface area contributed by atoms with Crippen LogP contribution in [0.4, 0.5) is 9.59 Å². The second-order valence-corrected chi connectivity index (χ2v) is 8.23. The first-order valence-electron chi connectivity index (χ1n) is 9.15. The summed E-state index contributed by atoms with van der Waals surface area (Å²) in [6.45, 7) is 10.1. The van der Waals surface area contributed by atoms with Crippen molar-refractivity contribution in [3.05, 3.63) is 0 Å². The van der Waals surface area contributed by atoms with Gasteiger partial charge in [-0.3, -0.25) is 9.59 Å². The number of carbonyl (C=O) groups excluding carboxylic acids is 3. The van der Waals surface area contributed by atoms with Crippen molar-refractivity contribution in [1.82, 2.24) is 16.0 Å². The molecule has 0 saturated heterocycles. The Labute approximate surface area is 165 Å². The van der Waals surface area contributed by atoms with Gasteiger partial charge in [-0.25, -0.2) is 9.59 Å². The van der Waals surface area contributed by atoms with E-state index in [0.29, 0.717) is 19.4 Å². The highest BCUT2D eigenvalue weighted by molar-refractivity contribution is 5.87. The molecule has 10 nitrogen and oxygen atoms in total. The Kier molecular flexibility index (Phi) is 10.3. The lowest BCUT2D eigenvalue weighted by Crippen LogP contribution is -2.49. The molecule has 162 valence electrons. The lowest BCUT2D eigenvalue weighted by molar-refractivity contribution is -0.138. The molecule has 0 aromatic carbocycles. The predicted octanol–water partition coefficient (Wildman–Crippen LogP) is 1.78. The molecule has 0 aliphatic heterocycles.